The van der Waals surface area contributed by atoms with Gasteiger partial charge < -0.3 is 21.3 Å². The van der Waals surface area contributed by atoms with Gasteiger partial charge in [0, 0.05) is 24.0 Å². The third-order valence-corrected chi connectivity index (χ3v) is 4.24. The first kappa shape index (κ1) is 20.9. The van der Waals surface area contributed by atoms with Crippen LogP contribution in [0.4, 0.5) is 23.8 Å². The Kier molecular flexibility index (Phi) is 5.44. The zero-order valence-corrected chi connectivity index (χ0v) is 16.3. The van der Waals surface area contributed by atoms with Gasteiger partial charge >= 0.3 is 12.2 Å². The van der Waals surface area contributed by atoms with Crippen molar-refractivity contribution in [1.29, 1.82) is 0 Å². The summed E-state index contributed by atoms with van der Waals surface area (Å²) in [7, 11) is 0. The van der Waals surface area contributed by atoms with E-state index in [0.717, 1.165) is 16.8 Å². The lowest BCUT2D eigenvalue weighted by Gasteiger charge is -2.27. The minimum atomic E-state index is -4.55. The van der Waals surface area contributed by atoms with Gasteiger partial charge in [0.2, 0.25) is 5.91 Å². The number of rotatable bonds is 4. The van der Waals surface area contributed by atoms with Crippen molar-refractivity contribution in [3.63, 3.8) is 0 Å². The Morgan fingerprint density at radius 2 is 1.93 bits per heavy atom. The third kappa shape index (κ3) is 4.97. The fourth-order valence-corrected chi connectivity index (χ4v) is 2.79. The highest BCUT2D eigenvalue weighted by Crippen LogP contribution is 2.33. The van der Waals surface area contributed by atoms with E-state index >= 15 is 0 Å². The minimum absolute atomic E-state index is 0.0250. The number of nitrogens with zero attached hydrogens (tertiary/aromatic N) is 2. The van der Waals surface area contributed by atoms with Gasteiger partial charge in [-0.05, 0) is 39.0 Å². The van der Waals surface area contributed by atoms with Gasteiger partial charge in [-0.15, -0.1) is 5.10 Å². The molecule has 1 aliphatic rings. The van der Waals surface area contributed by atoms with E-state index in [9.17, 15) is 22.8 Å². The van der Waals surface area contributed by atoms with E-state index < -0.39 is 23.3 Å². The van der Waals surface area contributed by atoms with Gasteiger partial charge in [-0.2, -0.15) is 17.9 Å². The Labute approximate surface area is 165 Å². The molecular weight excluding hydrogens is 389 g/mol. The standard InChI is InChI=1S/C18H23F3N6O2/c1-17(2,3)25-16(29)27-13-5-4-10(18(19,20)21)6-12(13)15(26-27)23-9-14(28)24-11-7-22-8-11/h4-6,11,22H,7-9H2,1-3H3,(H,23,26)(H,24,28)(H,25,29). The van der Waals surface area contributed by atoms with Crippen molar-refractivity contribution in [3.8, 4) is 0 Å². The average Bonchev–Trinajstić information content (AvgIpc) is 2.92. The number of amides is 2. The predicted molar refractivity (Wildman–Crippen MR) is 102 cm³/mol. The van der Waals surface area contributed by atoms with Crippen LogP contribution in [-0.4, -0.2) is 52.9 Å². The van der Waals surface area contributed by atoms with Gasteiger partial charge in [0.05, 0.1) is 23.7 Å². The summed E-state index contributed by atoms with van der Waals surface area (Å²) in [4.78, 5) is 24.6. The zero-order chi connectivity index (χ0) is 21.4. The molecule has 2 amide bonds. The fraction of sp³-hybridized carbons (Fsp3) is 0.500. The number of hydrogen-bond acceptors (Lipinski definition) is 5. The number of alkyl halides is 3. The van der Waals surface area contributed by atoms with Gasteiger partial charge in [-0.25, -0.2) is 4.79 Å². The second-order valence-electron chi connectivity index (χ2n) is 7.95. The van der Waals surface area contributed by atoms with Crippen molar-refractivity contribution in [3.05, 3.63) is 23.8 Å². The molecule has 0 spiro atoms. The van der Waals surface area contributed by atoms with Crippen LogP contribution in [0.15, 0.2) is 18.2 Å². The molecule has 8 nitrogen and oxygen atoms in total. The average molecular weight is 412 g/mol. The van der Waals surface area contributed by atoms with E-state index in [1.165, 1.54) is 6.07 Å². The minimum Gasteiger partial charge on any atom is -0.359 e. The Bertz CT molecular complexity index is 928. The van der Waals surface area contributed by atoms with Crippen LogP contribution in [0.2, 0.25) is 0 Å². The summed E-state index contributed by atoms with van der Waals surface area (Å²) >= 11 is 0. The molecule has 11 heteroatoms. The molecule has 0 atom stereocenters. The lowest BCUT2D eigenvalue weighted by Crippen LogP contribution is -2.57. The van der Waals surface area contributed by atoms with Crippen LogP contribution in [0.3, 0.4) is 0 Å². The molecule has 1 aromatic carbocycles. The van der Waals surface area contributed by atoms with Gasteiger partial charge in [0.1, 0.15) is 0 Å². The number of anilines is 1. The molecule has 1 aromatic heterocycles. The summed E-state index contributed by atoms with van der Waals surface area (Å²) in [6.45, 7) is 6.49. The summed E-state index contributed by atoms with van der Waals surface area (Å²) in [6.07, 6.45) is -4.55. The van der Waals surface area contributed by atoms with Crippen molar-refractivity contribution in [2.24, 2.45) is 0 Å². The number of carbonyl (C=O) groups is 2. The van der Waals surface area contributed by atoms with Crippen molar-refractivity contribution in [2.75, 3.05) is 25.0 Å². The molecule has 0 saturated carbocycles. The number of nitrogens with one attached hydrogen (secondary N) is 4. The number of fused-ring (bicyclic) bond motifs is 1. The first-order valence-electron chi connectivity index (χ1n) is 9.10. The van der Waals surface area contributed by atoms with Gasteiger partial charge in [0.25, 0.3) is 0 Å². The van der Waals surface area contributed by atoms with Crippen molar-refractivity contribution in [2.45, 2.75) is 38.5 Å². The zero-order valence-electron chi connectivity index (χ0n) is 16.3. The number of hydrogen-bond donors (Lipinski definition) is 4. The summed E-state index contributed by atoms with van der Waals surface area (Å²) < 4.78 is 40.4. The Balaban J connectivity index is 1.90. The molecule has 1 saturated heterocycles. The summed E-state index contributed by atoms with van der Waals surface area (Å²) in [5.74, 6) is -0.289. The van der Waals surface area contributed by atoms with Crippen molar-refractivity contribution >= 4 is 28.7 Å². The summed E-state index contributed by atoms with van der Waals surface area (Å²) in [6, 6.07) is 2.46. The SMILES string of the molecule is CC(C)(C)NC(=O)n1nc(NCC(=O)NC2CNC2)c2cc(C(F)(F)F)ccc21. The van der Waals surface area contributed by atoms with E-state index in [2.05, 4.69) is 26.4 Å². The monoisotopic (exact) mass is 412 g/mol. The molecular formula is C18H23F3N6O2. The van der Waals surface area contributed by atoms with Crippen LogP contribution >= 0.6 is 0 Å². The van der Waals surface area contributed by atoms with Crippen LogP contribution in [0.1, 0.15) is 26.3 Å². The molecule has 1 fully saturated rings. The lowest BCUT2D eigenvalue weighted by atomic mass is 10.1. The number of carbonyl (C=O) groups excluding carboxylic acids is 2. The molecule has 4 N–H and O–H groups in total. The maximum atomic E-state index is 13.1. The largest absolute Gasteiger partial charge is 0.416 e. The second-order valence-corrected chi connectivity index (χ2v) is 7.95. The van der Waals surface area contributed by atoms with Crippen LogP contribution in [-0.2, 0) is 11.0 Å². The van der Waals surface area contributed by atoms with E-state index in [-0.39, 0.29) is 35.2 Å². The molecule has 3 rings (SSSR count). The molecule has 158 valence electrons. The number of aromatic nitrogens is 2. The van der Waals surface area contributed by atoms with Crippen LogP contribution in [0.5, 0.6) is 0 Å². The summed E-state index contributed by atoms with van der Waals surface area (Å²) in [5, 5.41) is 15.5. The molecule has 1 aliphatic heterocycles. The van der Waals surface area contributed by atoms with Crippen molar-refractivity contribution < 1.29 is 22.8 Å². The molecule has 2 heterocycles. The highest BCUT2D eigenvalue weighted by atomic mass is 19.4. The van der Waals surface area contributed by atoms with E-state index in [1.54, 1.807) is 20.8 Å². The smallest absolute Gasteiger partial charge is 0.359 e. The summed E-state index contributed by atoms with van der Waals surface area (Å²) in [5.41, 5.74) is -1.23. The van der Waals surface area contributed by atoms with E-state index in [4.69, 9.17) is 0 Å². The normalized spacial score (nSPS) is 15.1. The predicted octanol–water partition coefficient (Wildman–Crippen LogP) is 1.91. The molecule has 2 aromatic rings. The maximum absolute atomic E-state index is 13.1. The lowest BCUT2D eigenvalue weighted by molar-refractivity contribution is -0.137. The van der Waals surface area contributed by atoms with Crippen LogP contribution in [0, 0.1) is 0 Å². The van der Waals surface area contributed by atoms with Crippen LogP contribution < -0.4 is 21.3 Å². The van der Waals surface area contributed by atoms with Gasteiger partial charge in [-0.3, -0.25) is 4.79 Å². The topological polar surface area (TPSA) is 100 Å². The fourth-order valence-electron chi connectivity index (χ4n) is 2.79. The van der Waals surface area contributed by atoms with Gasteiger partial charge in [-0.1, -0.05) is 0 Å². The molecule has 0 unspecified atom stereocenters. The third-order valence-electron chi connectivity index (χ3n) is 4.24. The molecule has 0 bridgehead atoms. The first-order chi connectivity index (χ1) is 13.4. The van der Waals surface area contributed by atoms with E-state index in [1.807, 2.05) is 0 Å². The molecule has 0 aliphatic carbocycles. The molecule has 0 radical (unpaired) electrons. The van der Waals surface area contributed by atoms with Crippen molar-refractivity contribution in [1.82, 2.24) is 25.7 Å². The highest BCUT2D eigenvalue weighted by Gasteiger charge is 2.32. The number of benzene rings is 1. The van der Waals surface area contributed by atoms with Crippen LogP contribution in [0.25, 0.3) is 10.9 Å². The Hall–Kier alpha value is -2.82. The number of halogens is 3. The molecule has 29 heavy (non-hydrogen) atoms. The highest BCUT2D eigenvalue weighted by molar-refractivity contribution is 5.98. The second kappa shape index (κ2) is 7.54. The first-order valence-corrected chi connectivity index (χ1v) is 9.10. The quantitative estimate of drug-likeness (QED) is 0.615. The Morgan fingerprint density at radius 1 is 1.24 bits per heavy atom. The maximum Gasteiger partial charge on any atom is 0.416 e. The Morgan fingerprint density at radius 3 is 2.48 bits per heavy atom. The van der Waals surface area contributed by atoms with Gasteiger partial charge in [0.15, 0.2) is 5.82 Å². The van der Waals surface area contributed by atoms with E-state index in [0.29, 0.717) is 13.1 Å².